The highest BCUT2D eigenvalue weighted by atomic mass is 32.2. The average molecular weight is 248 g/mol. The van der Waals surface area contributed by atoms with Crippen LogP contribution in [0.15, 0.2) is 21.7 Å². The summed E-state index contributed by atoms with van der Waals surface area (Å²) >= 11 is 1.04. The third kappa shape index (κ3) is 2.38. The predicted molar refractivity (Wildman–Crippen MR) is 57.8 cm³/mol. The van der Waals surface area contributed by atoms with E-state index in [0.29, 0.717) is 0 Å². The van der Waals surface area contributed by atoms with E-state index in [4.69, 9.17) is 5.11 Å². The highest BCUT2D eigenvalue weighted by molar-refractivity contribution is 7.94. The predicted octanol–water partition coefficient (Wildman–Crippen LogP) is 1.63. The number of hydrogen-bond donors (Lipinski definition) is 1. The standard InChI is InChI=1S/C9H12O4S2/c1-6(2)8(9(10)11)15(12,13)7-4-3-5-14-7/h3-6,8H,1-2H3,(H,10,11). The second-order valence-corrected chi connectivity index (χ2v) is 6.72. The minimum absolute atomic E-state index is 0.114. The number of thiophene rings is 1. The van der Waals surface area contributed by atoms with Gasteiger partial charge in [0.05, 0.1) is 0 Å². The molecule has 0 fully saturated rings. The zero-order valence-corrected chi connectivity index (χ0v) is 10.0. The summed E-state index contributed by atoms with van der Waals surface area (Å²) < 4.78 is 23.9. The largest absolute Gasteiger partial charge is 0.480 e. The lowest BCUT2D eigenvalue weighted by atomic mass is 10.1. The summed E-state index contributed by atoms with van der Waals surface area (Å²) in [5, 5.41) is 9.16. The first-order valence-corrected chi connectivity index (χ1v) is 6.80. The molecule has 1 N–H and O–H groups in total. The molecule has 84 valence electrons. The van der Waals surface area contributed by atoms with Gasteiger partial charge in [0.2, 0.25) is 9.84 Å². The number of aliphatic carboxylic acids is 1. The van der Waals surface area contributed by atoms with Crippen LogP contribution in [0.1, 0.15) is 13.8 Å². The van der Waals surface area contributed by atoms with Crippen LogP contribution in [0, 0.1) is 5.92 Å². The van der Waals surface area contributed by atoms with Crippen molar-refractivity contribution in [1.82, 2.24) is 0 Å². The number of sulfone groups is 1. The maximum atomic E-state index is 11.9. The van der Waals surface area contributed by atoms with Crippen LogP contribution < -0.4 is 0 Å². The third-order valence-electron chi connectivity index (χ3n) is 1.96. The summed E-state index contributed by atoms with van der Waals surface area (Å²) in [5.41, 5.74) is 0. The molecule has 0 saturated carbocycles. The molecule has 0 amide bonds. The van der Waals surface area contributed by atoms with Crippen molar-refractivity contribution in [3.8, 4) is 0 Å². The van der Waals surface area contributed by atoms with Crippen molar-refractivity contribution in [1.29, 1.82) is 0 Å². The molecule has 0 aromatic carbocycles. The van der Waals surface area contributed by atoms with E-state index in [0.717, 1.165) is 11.3 Å². The molecule has 1 heterocycles. The molecule has 1 aromatic heterocycles. The van der Waals surface area contributed by atoms with Crippen molar-refractivity contribution in [3.05, 3.63) is 17.5 Å². The van der Waals surface area contributed by atoms with Gasteiger partial charge in [-0.25, -0.2) is 8.42 Å². The summed E-state index contributed by atoms with van der Waals surface area (Å²) in [5.74, 6) is -1.74. The van der Waals surface area contributed by atoms with Crippen molar-refractivity contribution in [2.24, 2.45) is 5.92 Å². The number of carboxylic acids is 1. The van der Waals surface area contributed by atoms with Crippen molar-refractivity contribution < 1.29 is 18.3 Å². The zero-order valence-electron chi connectivity index (χ0n) is 8.38. The fourth-order valence-electron chi connectivity index (χ4n) is 1.33. The van der Waals surface area contributed by atoms with E-state index in [9.17, 15) is 13.2 Å². The van der Waals surface area contributed by atoms with E-state index in [1.165, 1.54) is 6.07 Å². The molecule has 0 aliphatic heterocycles. The van der Waals surface area contributed by atoms with Crippen LogP contribution in [0.25, 0.3) is 0 Å². The molecule has 6 heteroatoms. The quantitative estimate of drug-likeness (QED) is 0.879. The Morgan fingerprint density at radius 1 is 1.47 bits per heavy atom. The van der Waals surface area contributed by atoms with Crippen LogP contribution in [0.3, 0.4) is 0 Å². The van der Waals surface area contributed by atoms with E-state index in [-0.39, 0.29) is 4.21 Å². The Balaban J connectivity index is 3.20. The summed E-state index contributed by atoms with van der Waals surface area (Å²) in [6, 6.07) is 3.02. The molecule has 1 rings (SSSR count). The third-order valence-corrected chi connectivity index (χ3v) is 5.72. The van der Waals surface area contributed by atoms with Gasteiger partial charge in [-0.3, -0.25) is 4.79 Å². The summed E-state index contributed by atoms with van der Waals surface area (Å²) in [4.78, 5) is 10.9. The Bertz CT molecular complexity index is 431. The maximum absolute atomic E-state index is 11.9. The molecule has 4 nitrogen and oxygen atoms in total. The molecule has 0 radical (unpaired) electrons. The van der Waals surface area contributed by atoms with Crippen LogP contribution in [-0.4, -0.2) is 24.7 Å². The highest BCUT2D eigenvalue weighted by Crippen LogP contribution is 2.25. The summed E-state index contributed by atoms with van der Waals surface area (Å²) in [6.07, 6.45) is 0. The van der Waals surface area contributed by atoms with Crippen LogP contribution in [-0.2, 0) is 14.6 Å². The molecule has 1 unspecified atom stereocenters. The van der Waals surface area contributed by atoms with Gasteiger partial charge >= 0.3 is 5.97 Å². The van der Waals surface area contributed by atoms with Gasteiger partial charge in [-0.05, 0) is 17.4 Å². The van der Waals surface area contributed by atoms with Gasteiger partial charge in [0.1, 0.15) is 4.21 Å². The Hall–Kier alpha value is -0.880. The molecular formula is C9H12O4S2. The zero-order chi connectivity index (χ0) is 11.6. The Labute approximate surface area is 92.5 Å². The fraction of sp³-hybridized carbons (Fsp3) is 0.444. The maximum Gasteiger partial charge on any atom is 0.322 e. The van der Waals surface area contributed by atoms with Crippen LogP contribution in [0.4, 0.5) is 0 Å². The number of hydrogen-bond acceptors (Lipinski definition) is 4. The summed E-state index contributed by atoms with van der Waals surface area (Å²) in [7, 11) is -3.74. The smallest absolute Gasteiger partial charge is 0.322 e. The van der Waals surface area contributed by atoms with Gasteiger partial charge in [0, 0.05) is 0 Å². The monoisotopic (exact) mass is 248 g/mol. The van der Waals surface area contributed by atoms with E-state index in [1.54, 1.807) is 25.3 Å². The lowest BCUT2D eigenvalue weighted by molar-refractivity contribution is -0.137. The molecule has 1 aromatic rings. The van der Waals surface area contributed by atoms with Gasteiger partial charge in [-0.2, -0.15) is 0 Å². The van der Waals surface area contributed by atoms with Crippen LogP contribution in [0.5, 0.6) is 0 Å². The number of carbonyl (C=O) groups is 1. The molecular weight excluding hydrogens is 236 g/mol. The lowest BCUT2D eigenvalue weighted by Crippen LogP contribution is -2.34. The Morgan fingerprint density at radius 2 is 2.07 bits per heavy atom. The van der Waals surface area contributed by atoms with E-state index in [1.807, 2.05) is 0 Å². The first-order valence-electron chi connectivity index (χ1n) is 4.37. The molecule has 0 spiro atoms. The van der Waals surface area contributed by atoms with Crippen LogP contribution in [0.2, 0.25) is 0 Å². The second-order valence-electron chi connectivity index (χ2n) is 3.48. The highest BCUT2D eigenvalue weighted by Gasteiger charge is 2.37. The minimum atomic E-state index is -3.74. The SMILES string of the molecule is CC(C)C(C(=O)O)S(=O)(=O)c1cccs1. The average Bonchev–Trinajstić information content (AvgIpc) is 2.52. The molecule has 0 saturated heterocycles. The molecule has 0 bridgehead atoms. The first kappa shape index (κ1) is 12.2. The van der Waals surface area contributed by atoms with Crippen LogP contribution >= 0.6 is 11.3 Å². The topological polar surface area (TPSA) is 71.4 Å². The van der Waals surface area contributed by atoms with Gasteiger partial charge in [-0.1, -0.05) is 19.9 Å². The number of rotatable bonds is 4. The van der Waals surface area contributed by atoms with Gasteiger partial charge in [0.25, 0.3) is 0 Å². The molecule has 15 heavy (non-hydrogen) atoms. The van der Waals surface area contributed by atoms with Crippen molar-refractivity contribution in [2.45, 2.75) is 23.3 Å². The van der Waals surface area contributed by atoms with Gasteiger partial charge in [0.15, 0.2) is 5.25 Å². The van der Waals surface area contributed by atoms with Crippen molar-refractivity contribution in [3.63, 3.8) is 0 Å². The van der Waals surface area contributed by atoms with E-state index in [2.05, 4.69) is 0 Å². The summed E-state index contributed by atoms with van der Waals surface area (Å²) in [6.45, 7) is 3.17. The Morgan fingerprint density at radius 3 is 2.40 bits per heavy atom. The van der Waals surface area contributed by atoms with Gasteiger partial charge < -0.3 is 5.11 Å². The number of carboxylic acid groups (broad SMARTS) is 1. The minimum Gasteiger partial charge on any atom is -0.480 e. The van der Waals surface area contributed by atoms with Gasteiger partial charge in [-0.15, -0.1) is 11.3 Å². The molecule has 1 atom stereocenters. The fourth-order valence-corrected chi connectivity index (χ4v) is 4.29. The van der Waals surface area contributed by atoms with Crippen molar-refractivity contribution in [2.75, 3.05) is 0 Å². The Kier molecular flexibility index (Phi) is 3.51. The lowest BCUT2D eigenvalue weighted by Gasteiger charge is -2.15. The first-order chi connectivity index (χ1) is 6.87. The normalized spacial score (nSPS) is 14.1. The van der Waals surface area contributed by atoms with E-state index >= 15 is 0 Å². The molecule has 0 aliphatic rings. The van der Waals surface area contributed by atoms with Crippen molar-refractivity contribution >= 4 is 27.1 Å². The molecule has 0 aliphatic carbocycles. The second kappa shape index (κ2) is 4.32. The van der Waals surface area contributed by atoms with E-state index < -0.39 is 27.0 Å².